The molecule has 0 heterocycles. The maximum Gasteiger partial charge on any atom is 0.0406 e. The van der Waals surface area contributed by atoms with Gasteiger partial charge in [0, 0.05) is 21.7 Å². The van der Waals surface area contributed by atoms with E-state index >= 15 is 0 Å². The lowest BCUT2D eigenvalue weighted by molar-refractivity contribution is 0.445. The Bertz CT molecular complexity index is 344. The molecule has 0 spiro atoms. The van der Waals surface area contributed by atoms with Gasteiger partial charge in [0.2, 0.25) is 0 Å². The van der Waals surface area contributed by atoms with E-state index in [-0.39, 0.29) is 0 Å². The Morgan fingerprint density at radius 2 is 1.72 bits per heavy atom. The molecule has 100 valence electrons. The fourth-order valence-electron chi connectivity index (χ4n) is 2.71. The highest BCUT2D eigenvalue weighted by molar-refractivity contribution is 8.00. The quantitative estimate of drug-likeness (QED) is 0.638. The monoisotopic (exact) mass is 283 g/mol. The van der Waals surface area contributed by atoms with Gasteiger partial charge in [-0.2, -0.15) is 0 Å². The van der Waals surface area contributed by atoms with Gasteiger partial charge < -0.3 is 5.73 Å². The topological polar surface area (TPSA) is 26.0 Å². The van der Waals surface area contributed by atoms with Crippen molar-refractivity contribution in [3.63, 3.8) is 0 Å². The molecule has 0 bridgehead atoms. The SMILES string of the molecule is NCC(Sc1ccc(Cl)cc1)C1CCCCCC1. The van der Waals surface area contributed by atoms with Gasteiger partial charge in [-0.05, 0) is 43.0 Å². The molecule has 0 radical (unpaired) electrons. The summed E-state index contributed by atoms with van der Waals surface area (Å²) < 4.78 is 0. The predicted molar refractivity (Wildman–Crippen MR) is 81.3 cm³/mol. The first-order valence-corrected chi connectivity index (χ1v) is 8.17. The molecule has 1 aliphatic carbocycles. The van der Waals surface area contributed by atoms with Crippen LogP contribution in [0.4, 0.5) is 0 Å². The van der Waals surface area contributed by atoms with E-state index in [1.54, 1.807) is 0 Å². The molecule has 1 nitrogen and oxygen atoms in total. The first-order chi connectivity index (χ1) is 8.79. The molecule has 1 saturated carbocycles. The molecule has 2 N–H and O–H groups in total. The fourth-order valence-corrected chi connectivity index (χ4v) is 4.04. The number of nitrogens with two attached hydrogens (primary N) is 1. The first-order valence-electron chi connectivity index (χ1n) is 6.92. The molecular weight excluding hydrogens is 262 g/mol. The van der Waals surface area contributed by atoms with Crippen molar-refractivity contribution < 1.29 is 0 Å². The maximum absolute atomic E-state index is 5.99. The molecule has 1 atom stereocenters. The minimum absolute atomic E-state index is 0.560. The van der Waals surface area contributed by atoms with Gasteiger partial charge in [0.15, 0.2) is 0 Å². The van der Waals surface area contributed by atoms with Gasteiger partial charge in [0.1, 0.15) is 0 Å². The van der Waals surface area contributed by atoms with Crippen LogP contribution in [0.3, 0.4) is 0 Å². The Morgan fingerprint density at radius 1 is 1.11 bits per heavy atom. The Kier molecular flexibility index (Phi) is 5.87. The summed E-state index contributed by atoms with van der Waals surface area (Å²) in [5.74, 6) is 0.790. The van der Waals surface area contributed by atoms with Crippen molar-refractivity contribution >= 4 is 23.4 Å². The molecule has 0 aliphatic heterocycles. The van der Waals surface area contributed by atoms with Crippen LogP contribution in [0.15, 0.2) is 29.2 Å². The van der Waals surface area contributed by atoms with Crippen molar-refractivity contribution in [2.24, 2.45) is 11.7 Å². The van der Waals surface area contributed by atoms with Crippen molar-refractivity contribution in [1.82, 2.24) is 0 Å². The van der Waals surface area contributed by atoms with E-state index in [0.717, 1.165) is 17.5 Å². The zero-order chi connectivity index (χ0) is 12.8. The van der Waals surface area contributed by atoms with Crippen molar-refractivity contribution in [3.8, 4) is 0 Å². The summed E-state index contributed by atoms with van der Waals surface area (Å²) in [6.07, 6.45) is 8.26. The Morgan fingerprint density at radius 3 is 2.28 bits per heavy atom. The van der Waals surface area contributed by atoms with Crippen molar-refractivity contribution in [2.75, 3.05) is 6.54 Å². The Hall–Kier alpha value is -0.180. The van der Waals surface area contributed by atoms with Gasteiger partial charge in [-0.15, -0.1) is 11.8 Å². The van der Waals surface area contributed by atoms with E-state index in [0.29, 0.717) is 5.25 Å². The van der Waals surface area contributed by atoms with E-state index in [9.17, 15) is 0 Å². The standard InChI is InChI=1S/C15H22ClNS/c16-13-7-9-14(10-8-13)18-15(11-17)12-5-3-1-2-4-6-12/h7-10,12,15H,1-6,11,17H2. The molecule has 0 saturated heterocycles. The van der Waals surface area contributed by atoms with Crippen LogP contribution in [0.2, 0.25) is 5.02 Å². The second-order valence-corrected chi connectivity index (χ2v) is 6.85. The molecule has 18 heavy (non-hydrogen) atoms. The van der Waals surface area contributed by atoms with Crippen molar-refractivity contribution in [2.45, 2.75) is 48.7 Å². The third-order valence-electron chi connectivity index (χ3n) is 3.76. The van der Waals surface area contributed by atoms with Crippen LogP contribution in [0.1, 0.15) is 38.5 Å². The summed E-state index contributed by atoms with van der Waals surface area (Å²) in [5, 5.41) is 1.36. The lowest BCUT2D eigenvalue weighted by atomic mass is 9.96. The molecule has 2 rings (SSSR count). The van der Waals surface area contributed by atoms with E-state index in [1.807, 2.05) is 23.9 Å². The second-order valence-electron chi connectivity index (χ2n) is 5.10. The number of thioether (sulfide) groups is 1. The molecular formula is C15H22ClNS. The molecule has 1 aliphatic rings. The lowest BCUT2D eigenvalue weighted by Gasteiger charge is -2.24. The van der Waals surface area contributed by atoms with Gasteiger partial charge >= 0.3 is 0 Å². The molecule has 1 aromatic rings. The zero-order valence-electron chi connectivity index (χ0n) is 10.8. The van der Waals surface area contributed by atoms with E-state index in [1.165, 1.54) is 43.4 Å². The highest BCUT2D eigenvalue weighted by atomic mass is 35.5. The molecule has 0 aromatic heterocycles. The number of hydrogen-bond donors (Lipinski definition) is 1. The normalized spacial score (nSPS) is 19.4. The molecule has 1 aromatic carbocycles. The average Bonchev–Trinajstić information content (AvgIpc) is 2.67. The number of halogens is 1. The van der Waals surface area contributed by atoms with E-state index in [2.05, 4.69) is 12.1 Å². The molecule has 3 heteroatoms. The van der Waals surface area contributed by atoms with Gasteiger partial charge in [-0.1, -0.05) is 37.3 Å². The van der Waals surface area contributed by atoms with Crippen LogP contribution >= 0.6 is 23.4 Å². The smallest absolute Gasteiger partial charge is 0.0406 e. The fraction of sp³-hybridized carbons (Fsp3) is 0.600. The summed E-state index contributed by atoms with van der Waals surface area (Å²) >= 11 is 7.85. The number of hydrogen-bond acceptors (Lipinski definition) is 2. The predicted octanol–water partition coefficient (Wildman–Crippen LogP) is 4.73. The van der Waals surface area contributed by atoms with Crippen LogP contribution in [0.5, 0.6) is 0 Å². The van der Waals surface area contributed by atoms with Gasteiger partial charge in [-0.25, -0.2) is 0 Å². The lowest BCUT2D eigenvalue weighted by Crippen LogP contribution is -2.26. The highest BCUT2D eigenvalue weighted by Crippen LogP contribution is 2.35. The Balaban J connectivity index is 1.97. The van der Waals surface area contributed by atoms with Crippen LogP contribution in [-0.4, -0.2) is 11.8 Å². The average molecular weight is 284 g/mol. The summed E-state index contributed by atoms with van der Waals surface area (Å²) in [4.78, 5) is 1.29. The summed E-state index contributed by atoms with van der Waals surface area (Å²) in [6, 6.07) is 8.13. The minimum atomic E-state index is 0.560. The van der Waals surface area contributed by atoms with Gasteiger partial charge in [0.25, 0.3) is 0 Å². The second kappa shape index (κ2) is 7.42. The van der Waals surface area contributed by atoms with Crippen molar-refractivity contribution in [3.05, 3.63) is 29.3 Å². The zero-order valence-corrected chi connectivity index (χ0v) is 12.3. The number of benzene rings is 1. The molecule has 1 unspecified atom stereocenters. The van der Waals surface area contributed by atoms with Crippen LogP contribution < -0.4 is 5.73 Å². The summed E-state index contributed by atoms with van der Waals surface area (Å²) in [7, 11) is 0. The van der Waals surface area contributed by atoms with E-state index in [4.69, 9.17) is 17.3 Å². The summed E-state index contributed by atoms with van der Waals surface area (Å²) in [6.45, 7) is 0.776. The largest absolute Gasteiger partial charge is 0.329 e. The van der Waals surface area contributed by atoms with Gasteiger partial charge in [0.05, 0.1) is 0 Å². The van der Waals surface area contributed by atoms with Crippen LogP contribution in [0, 0.1) is 5.92 Å². The van der Waals surface area contributed by atoms with Crippen molar-refractivity contribution in [1.29, 1.82) is 0 Å². The molecule has 1 fully saturated rings. The minimum Gasteiger partial charge on any atom is -0.329 e. The highest BCUT2D eigenvalue weighted by Gasteiger charge is 2.22. The third kappa shape index (κ3) is 4.18. The number of rotatable bonds is 4. The first kappa shape index (κ1) is 14.2. The Labute approximate surface area is 119 Å². The van der Waals surface area contributed by atoms with Crippen LogP contribution in [-0.2, 0) is 0 Å². The van der Waals surface area contributed by atoms with Crippen LogP contribution in [0.25, 0.3) is 0 Å². The summed E-state index contributed by atoms with van der Waals surface area (Å²) in [5.41, 5.74) is 5.99. The van der Waals surface area contributed by atoms with E-state index < -0.39 is 0 Å². The maximum atomic E-state index is 5.99. The molecule has 0 amide bonds. The van der Waals surface area contributed by atoms with Gasteiger partial charge in [-0.3, -0.25) is 0 Å². The third-order valence-corrected chi connectivity index (χ3v) is 5.44.